The van der Waals surface area contributed by atoms with Crippen LogP contribution in [0.2, 0.25) is 10.0 Å². The molecule has 0 bridgehead atoms. The molecule has 6 nitrogen and oxygen atoms in total. The van der Waals surface area contributed by atoms with Crippen LogP contribution in [-0.2, 0) is 6.61 Å². The number of nitro benzene ring substituents is 1. The van der Waals surface area contributed by atoms with E-state index in [0.717, 1.165) is 11.6 Å². The van der Waals surface area contributed by atoms with Crippen molar-refractivity contribution in [2.75, 3.05) is 5.73 Å². The number of ether oxygens (including phenoxy) is 1. The first-order valence-electron chi connectivity index (χ1n) is 5.44. The molecule has 1 aromatic carbocycles. The summed E-state index contributed by atoms with van der Waals surface area (Å²) >= 11 is 11.6. The van der Waals surface area contributed by atoms with Gasteiger partial charge in [0.15, 0.2) is 5.75 Å². The molecule has 0 aliphatic carbocycles. The van der Waals surface area contributed by atoms with Crippen molar-refractivity contribution in [1.29, 1.82) is 0 Å². The van der Waals surface area contributed by atoms with Crippen molar-refractivity contribution in [2.45, 2.75) is 6.61 Å². The Morgan fingerprint density at radius 3 is 2.65 bits per heavy atom. The van der Waals surface area contributed by atoms with E-state index < -0.39 is 4.92 Å². The molecule has 0 atom stereocenters. The van der Waals surface area contributed by atoms with Gasteiger partial charge in [-0.25, -0.2) is 4.98 Å². The molecule has 0 spiro atoms. The highest BCUT2D eigenvalue weighted by atomic mass is 35.5. The average Bonchev–Trinajstić information content (AvgIpc) is 2.39. The summed E-state index contributed by atoms with van der Waals surface area (Å²) in [6.45, 7) is 0.103. The molecule has 0 amide bonds. The van der Waals surface area contributed by atoms with Crippen LogP contribution in [0.5, 0.6) is 5.75 Å². The molecule has 0 radical (unpaired) electrons. The third-order valence-electron chi connectivity index (χ3n) is 2.44. The first-order valence-corrected chi connectivity index (χ1v) is 6.19. The minimum Gasteiger partial charge on any atom is -0.482 e. The number of aromatic nitrogens is 1. The van der Waals surface area contributed by atoms with Gasteiger partial charge in [-0.2, -0.15) is 0 Å². The molecule has 0 saturated carbocycles. The normalized spacial score (nSPS) is 10.3. The monoisotopic (exact) mass is 313 g/mol. The van der Waals surface area contributed by atoms with Gasteiger partial charge in [-0.05, 0) is 17.7 Å². The van der Waals surface area contributed by atoms with Gasteiger partial charge in [0.1, 0.15) is 12.4 Å². The third-order valence-corrected chi connectivity index (χ3v) is 3.16. The van der Waals surface area contributed by atoms with Crippen LogP contribution in [0.4, 0.5) is 11.5 Å². The van der Waals surface area contributed by atoms with Crippen molar-refractivity contribution < 1.29 is 9.66 Å². The zero-order chi connectivity index (χ0) is 14.7. The van der Waals surface area contributed by atoms with Gasteiger partial charge >= 0.3 is 5.69 Å². The number of nitrogens with two attached hydrogens (primary N) is 1. The summed E-state index contributed by atoms with van der Waals surface area (Å²) in [4.78, 5) is 14.2. The van der Waals surface area contributed by atoms with Gasteiger partial charge in [-0.3, -0.25) is 10.1 Å². The van der Waals surface area contributed by atoms with Crippen LogP contribution >= 0.6 is 23.2 Å². The fraction of sp³-hybridized carbons (Fsp3) is 0.0833. The third kappa shape index (κ3) is 3.28. The highest BCUT2D eigenvalue weighted by molar-refractivity contribution is 6.42. The lowest BCUT2D eigenvalue weighted by atomic mass is 10.2. The van der Waals surface area contributed by atoms with Crippen LogP contribution in [0, 0.1) is 10.1 Å². The Hall–Kier alpha value is -2.05. The highest BCUT2D eigenvalue weighted by Gasteiger charge is 2.18. The van der Waals surface area contributed by atoms with Crippen LogP contribution in [0.15, 0.2) is 30.5 Å². The summed E-state index contributed by atoms with van der Waals surface area (Å²) < 4.78 is 5.41. The molecular weight excluding hydrogens is 305 g/mol. The second-order valence-corrected chi connectivity index (χ2v) is 4.68. The molecule has 8 heteroatoms. The largest absolute Gasteiger partial charge is 0.482 e. The quantitative estimate of drug-likeness (QED) is 0.689. The van der Waals surface area contributed by atoms with E-state index in [1.54, 1.807) is 12.1 Å². The molecule has 2 N–H and O–H groups in total. The van der Waals surface area contributed by atoms with Crippen LogP contribution in [0.1, 0.15) is 5.56 Å². The lowest BCUT2D eigenvalue weighted by Gasteiger charge is -2.08. The van der Waals surface area contributed by atoms with Gasteiger partial charge in [0.25, 0.3) is 0 Å². The summed E-state index contributed by atoms with van der Waals surface area (Å²) in [5, 5.41) is 11.2. The first kappa shape index (κ1) is 14.4. The number of benzene rings is 1. The number of pyridine rings is 1. The standard InChI is InChI=1S/C12H9Cl2N3O3/c13-8-4-10(17(18)19)11(5-9(8)14)20-6-7-1-2-16-12(15)3-7/h1-5H,6H2,(H2,15,16). The number of nitrogens with zero attached hydrogens (tertiary/aromatic N) is 2. The Morgan fingerprint density at radius 2 is 2.00 bits per heavy atom. The number of nitro groups is 1. The molecule has 0 unspecified atom stereocenters. The fourth-order valence-electron chi connectivity index (χ4n) is 1.52. The van der Waals surface area contributed by atoms with E-state index in [0.29, 0.717) is 5.82 Å². The summed E-state index contributed by atoms with van der Waals surface area (Å²) in [5.74, 6) is 0.384. The maximum absolute atomic E-state index is 10.9. The predicted octanol–water partition coefficient (Wildman–Crippen LogP) is 3.46. The maximum Gasteiger partial charge on any atom is 0.312 e. The Morgan fingerprint density at radius 1 is 1.30 bits per heavy atom. The Bertz CT molecular complexity index is 664. The van der Waals surface area contributed by atoms with E-state index in [-0.39, 0.29) is 28.1 Å². The molecule has 1 heterocycles. The van der Waals surface area contributed by atoms with Crippen molar-refractivity contribution in [3.05, 3.63) is 56.2 Å². The van der Waals surface area contributed by atoms with Crippen LogP contribution < -0.4 is 10.5 Å². The van der Waals surface area contributed by atoms with E-state index >= 15 is 0 Å². The van der Waals surface area contributed by atoms with E-state index in [1.165, 1.54) is 12.3 Å². The van der Waals surface area contributed by atoms with Gasteiger partial charge in [0.05, 0.1) is 15.0 Å². The van der Waals surface area contributed by atoms with E-state index in [4.69, 9.17) is 33.7 Å². The van der Waals surface area contributed by atoms with Crippen molar-refractivity contribution >= 4 is 34.7 Å². The lowest BCUT2D eigenvalue weighted by molar-refractivity contribution is -0.385. The number of halogens is 2. The van der Waals surface area contributed by atoms with Gasteiger partial charge in [0, 0.05) is 18.3 Å². The SMILES string of the molecule is Nc1cc(COc2cc(Cl)c(Cl)cc2[N+](=O)[O-])ccn1. The molecule has 2 rings (SSSR count). The predicted molar refractivity (Wildman–Crippen MR) is 76.1 cm³/mol. The van der Waals surface area contributed by atoms with Crippen LogP contribution in [0.3, 0.4) is 0 Å². The summed E-state index contributed by atoms with van der Waals surface area (Å²) in [6.07, 6.45) is 1.53. The van der Waals surface area contributed by atoms with E-state index in [2.05, 4.69) is 4.98 Å². The summed E-state index contributed by atoms with van der Waals surface area (Å²) in [5.41, 5.74) is 6.02. The molecule has 1 aromatic heterocycles. The Balaban J connectivity index is 2.24. The summed E-state index contributed by atoms with van der Waals surface area (Å²) in [6, 6.07) is 5.77. The zero-order valence-corrected chi connectivity index (χ0v) is 11.6. The number of anilines is 1. The van der Waals surface area contributed by atoms with Crippen molar-refractivity contribution in [2.24, 2.45) is 0 Å². The number of rotatable bonds is 4. The molecule has 0 saturated heterocycles. The van der Waals surface area contributed by atoms with E-state index in [9.17, 15) is 10.1 Å². The lowest BCUT2D eigenvalue weighted by Crippen LogP contribution is -2.00. The number of hydrogen-bond donors (Lipinski definition) is 1. The van der Waals surface area contributed by atoms with E-state index in [1.807, 2.05) is 0 Å². The molecule has 104 valence electrons. The van der Waals surface area contributed by atoms with Gasteiger partial charge in [-0.15, -0.1) is 0 Å². The van der Waals surface area contributed by atoms with Gasteiger partial charge < -0.3 is 10.5 Å². The molecule has 0 aliphatic heterocycles. The minimum absolute atomic E-state index is 0.0415. The number of nitrogen functional groups attached to an aromatic ring is 1. The van der Waals surface area contributed by atoms with Crippen molar-refractivity contribution in [1.82, 2.24) is 4.98 Å². The Labute approximate surface area is 124 Å². The first-order chi connectivity index (χ1) is 9.47. The average molecular weight is 314 g/mol. The van der Waals surface area contributed by atoms with Crippen LogP contribution in [-0.4, -0.2) is 9.91 Å². The smallest absolute Gasteiger partial charge is 0.312 e. The van der Waals surface area contributed by atoms with Crippen molar-refractivity contribution in [3.8, 4) is 5.75 Å². The molecule has 0 aliphatic rings. The second-order valence-electron chi connectivity index (χ2n) is 3.87. The topological polar surface area (TPSA) is 91.3 Å². The van der Waals surface area contributed by atoms with Crippen molar-refractivity contribution in [3.63, 3.8) is 0 Å². The van der Waals surface area contributed by atoms with Crippen LogP contribution in [0.25, 0.3) is 0 Å². The summed E-state index contributed by atoms with van der Waals surface area (Å²) in [7, 11) is 0. The van der Waals surface area contributed by atoms with Gasteiger partial charge in [0.2, 0.25) is 0 Å². The Kier molecular flexibility index (Phi) is 4.26. The molecule has 2 aromatic rings. The van der Waals surface area contributed by atoms with Gasteiger partial charge in [-0.1, -0.05) is 23.2 Å². The maximum atomic E-state index is 10.9. The fourth-order valence-corrected chi connectivity index (χ4v) is 1.83. The molecular formula is C12H9Cl2N3O3. The molecule has 0 fully saturated rings. The zero-order valence-electron chi connectivity index (χ0n) is 10.0. The number of hydrogen-bond acceptors (Lipinski definition) is 5. The second kappa shape index (κ2) is 5.94. The minimum atomic E-state index is -0.585. The molecule has 20 heavy (non-hydrogen) atoms. The highest BCUT2D eigenvalue weighted by Crippen LogP contribution is 2.36.